The van der Waals surface area contributed by atoms with Crippen LogP contribution in [-0.2, 0) is 13.1 Å². The van der Waals surface area contributed by atoms with Crippen LogP contribution >= 0.6 is 15.9 Å². The fraction of sp³-hybridized carbons (Fsp3) is 0.625. The number of nitrogens with zero attached hydrogens (tertiary/aromatic N) is 1. The lowest BCUT2D eigenvalue weighted by Crippen LogP contribution is -2.20. The van der Waals surface area contributed by atoms with Crippen LogP contribution in [-0.4, -0.2) is 24.5 Å². The van der Waals surface area contributed by atoms with E-state index in [-0.39, 0.29) is 0 Å². The quantitative estimate of drug-likeness (QED) is 0.856. The number of hydrogen-bond donors (Lipinski definition) is 1. The highest BCUT2D eigenvalue weighted by atomic mass is 79.9. The molecule has 106 valence electrons. The lowest BCUT2D eigenvalue weighted by Gasteiger charge is -2.16. The topological polar surface area (TPSA) is 15.3 Å². The maximum atomic E-state index is 3.72. The largest absolute Gasteiger partial charge is 0.312 e. The summed E-state index contributed by atoms with van der Waals surface area (Å²) in [6, 6.07) is 6.79. The van der Waals surface area contributed by atoms with Gasteiger partial charge in [-0.2, -0.15) is 0 Å². The maximum Gasteiger partial charge on any atom is 0.0244 e. The second kappa shape index (κ2) is 7.41. The van der Waals surface area contributed by atoms with E-state index in [1.807, 2.05) is 0 Å². The fourth-order valence-electron chi connectivity index (χ4n) is 2.52. The van der Waals surface area contributed by atoms with Gasteiger partial charge >= 0.3 is 0 Å². The number of halogens is 1. The number of benzene rings is 1. The maximum absolute atomic E-state index is 3.72. The van der Waals surface area contributed by atoms with Crippen LogP contribution < -0.4 is 5.32 Å². The molecule has 1 aromatic carbocycles. The molecule has 1 saturated heterocycles. The molecule has 0 aromatic heterocycles. The molecule has 0 amide bonds. The molecule has 19 heavy (non-hydrogen) atoms. The van der Waals surface area contributed by atoms with Gasteiger partial charge in [0.2, 0.25) is 0 Å². The number of hydrogen-bond acceptors (Lipinski definition) is 2. The van der Waals surface area contributed by atoms with E-state index in [4.69, 9.17) is 0 Å². The van der Waals surface area contributed by atoms with Crippen molar-refractivity contribution < 1.29 is 0 Å². The van der Waals surface area contributed by atoms with Crippen molar-refractivity contribution in [1.29, 1.82) is 0 Å². The van der Waals surface area contributed by atoms with Crippen molar-refractivity contribution in [2.24, 2.45) is 5.92 Å². The summed E-state index contributed by atoms with van der Waals surface area (Å²) in [7, 11) is 0. The van der Waals surface area contributed by atoms with Crippen molar-refractivity contribution in [2.45, 2.75) is 39.8 Å². The molecule has 1 aromatic rings. The van der Waals surface area contributed by atoms with Crippen LogP contribution in [0, 0.1) is 5.92 Å². The summed E-state index contributed by atoms with van der Waals surface area (Å²) in [6.07, 6.45) is 2.71. The van der Waals surface area contributed by atoms with Gasteiger partial charge in [-0.15, -0.1) is 0 Å². The minimum Gasteiger partial charge on any atom is -0.312 e. The van der Waals surface area contributed by atoms with Crippen molar-refractivity contribution in [1.82, 2.24) is 10.2 Å². The van der Waals surface area contributed by atoms with E-state index in [0.29, 0.717) is 5.92 Å². The Morgan fingerprint density at radius 1 is 1.26 bits per heavy atom. The summed E-state index contributed by atoms with van der Waals surface area (Å²) >= 11 is 3.72. The standard InChI is InChI=1S/C16H25BrN2/c1-13(2)10-18-11-14-5-6-15(16(17)9-14)12-19-7-3-4-8-19/h5-6,9,13,18H,3-4,7-8,10-12H2,1-2H3. The van der Waals surface area contributed by atoms with E-state index in [1.54, 1.807) is 0 Å². The lowest BCUT2D eigenvalue weighted by atomic mass is 10.1. The monoisotopic (exact) mass is 324 g/mol. The molecule has 0 spiro atoms. The zero-order chi connectivity index (χ0) is 13.7. The van der Waals surface area contributed by atoms with Gasteiger partial charge in [-0.05, 0) is 55.6 Å². The molecule has 1 aliphatic heterocycles. The molecule has 1 aliphatic rings. The zero-order valence-corrected chi connectivity index (χ0v) is 13.7. The SMILES string of the molecule is CC(C)CNCc1ccc(CN2CCCC2)c(Br)c1. The Morgan fingerprint density at radius 2 is 2.00 bits per heavy atom. The van der Waals surface area contributed by atoms with Crippen molar-refractivity contribution >= 4 is 15.9 Å². The first kappa shape index (κ1) is 15.0. The molecule has 2 rings (SSSR count). The predicted octanol–water partition coefficient (Wildman–Crippen LogP) is 3.79. The Hall–Kier alpha value is -0.380. The van der Waals surface area contributed by atoms with Crippen LogP contribution in [0.15, 0.2) is 22.7 Å². The molecule has 0 unspecified atom stereocenters. The van der Waals surface area contributed by atoms with Crippen LogP contribution in [0.4, 0.5) is 0 Å². The fourth-order valence-corrected chi connectivity index (χ4v) is 3.07. The predicted molar refractivity (Wildman–Crippen MR) is 85.2 cm³/mol. The molecule has 0 atom stereocenters. The normalized spacial score (nSPS) is 16.4. The summed E-state index contributed by atoms with van der Waals surface area (Å²) in [6.45, 7) is 10.1. The van der Waals surface area contributed by atoms with Crippen LogP contribution in [0.5, 0.6) is 0 Å². The van der Waals surface area contributed by atoms with E-state index in [9.17, 15) is 0 Å². The van der Waals surface area contributed by atoms with E-state index < -0.39 is 0 Å². The number of rotatable bonds is 6. The molecule has 1 fully saturated rings. The molecular weight excluding hydrogens is 300 g/mol. The van der Waals surface area contributed by atoms with Gasteiger partial charge < -0.3 is 5.32 Å². The van der Waals surface area contributed by atoms with Gasteiger partial charge in [0.1, 0.15) is 0 Å². The average molecular weight is 325 g/mol. The highest BCUT2D eigenvalue weighted by molar-refractivity contribution is 9.10. The molecule has 3 heteroatoms. The molecule has 0 saturated carbocycles. The molecular formula is C16H25BrN2. The van der Waals surface area contributed by atoms with Crippen LogP contribution in [0.1, 0.15) is 37.8 Å². The van der Waals surface area contributed by atoms with Gasteiger partial charge in [0, 0.05) is 17.6 Å². The second-order valence-corrected chi connectivity index (χ2v) is 6.79. The van der Waals surface area contributed by atoms with E-state index in [2.05, 4.69) is 58.2 Å². The summed E-state index contributed by atoms with van der Waals surface area (Å²) in [5.74, 6) is 0.706. The van der Waals surface area contributed by atoms with Crippen LogP contribution in [0.25, 0.3) is 0 Å². The first-order valence-corrected chi connectivity index (χ1v) is 8.15. The number of nitrogens with one attached hydrogen (secondary N) is 1. The Bertz CT molecular complexity index is 398. The van der Waals surface area contributed by atoms with Gasteiger partial charge in [-0.1, -0.05) is 41.9 Å². The van der Waals surface area contributed by atoms with Crippen LogP contribution in [0.2, 0.25) is 0 Å². The third-order valence-electron chi connectivity index (χ3n) is 3.59. The van der Waals surface area contributed by atoms with Crippen molar-refractivity contribution in [2.75, 3.05) is 19.6 Å². The molecule has 2 nitrogen and oxygen atoms in total. The first-order chi connectivity index (χ1) is 9.15. The van der Waals surface area contributed by atoms with E-state index in [0.717, 1.165) is 19.6 Å². The zero-order valence-electron chi connectivity index (χ0n) is 12.1. The van der Waals surface area contributed by atoms with Gasteiger partial charge in [0.25, 0.3) is 0 Å². The number of likely N-dealkylation sites (tertiary alicyclic amines) is 1. The average Bonchev–Trinajstić information content (AvgIpc) is 2.85. The highest BCUT2D eigenvalue weighted by Gasteiger charge is 2.13. The Balaban J connectivity index is 1.88. The summed E-state index contributed by atoms with van der Waals surface area (Å²) in [5.41, 5.74) is 2.77. The Labute approximate surface area is 125 Å². The second-order valence-electron chi connectivity index (χ2n) is 5.93. The summed E-state index contributed by atoms with van der Waals surface area (Å²) in [5, 5.41) is 3.49. The van der Waals surface area contributed by atoms with Gasteiger partial charge in [-0.25, -0.2) is 0 Å². The molecule has 0 aliphatic carbocycles. The van der Waals surface area contributed by atoms with Gasteiger partial charge in [0.05, 0.1) is 0 Å². The highest BCUT2D eigenvalue weighted by Crippen LogP contribution is 2.22. The van der Waals surface area contributed by atoms with E-state index >= 15 is 0 Å². The Kier molecular flexibility index (Phi) is 5.86. The molecule has 0 bridgehead atoms. The van der Waals surface area contributed by atoms with E-state index in [1.165, 1.54) is 41.5 Å². The van der Waals surface area contributed by atoms with Crippen molar-refractivity contribution in [3.63, 3.8) is 0 Å². The summed E-state index contributed by atoms with van der Waals surface area (Å²) in [4.78, 5) is 2.54. The molecule has 0 radical (unpaired) electrons. The van der Waals surface area contributed by atoms with Gasteiger partial charge in [0.15, 0.2) is 0 Å². The minimum atomic E-state index is 0.706. The third-order valence-corrected chi connectivity index (χ3v) is 4.33. The molecule has 1 N–H and O–H groups in total. The van der Waals surface area contributed by atoms with Crippen molar-refractivity contribution in [3.8, 4) is 0 Å². The Morgan fingerprint density at radius 3 is 2.63 bits per heavy atom. The minimum absolute atomic E-state index is 0.706. The molecule has 1 heterocycles. The van der Waals surface area contributed by atoms with Crippen molar-refractivity contribution in [3.05, 3.63) is 33.8 Å². The lowest BCUT2D eigenvalue weighted by molar-refractivity contribution is 0.331. The first-order valence-electron chi connectivity index (χ1n) is 7.35. The third kappa shape index (κ3) is 4.90. The smallest absolute Gasteiger partial charge is 0.0244 e. The van der Waals surface area contributed by atoms with Gasteiger partial charge in [-0.3, -0.25) is 4.90 Å². The summed E-state index contributed by atoms with van der Waals surface area (Å²) < 4.78 is 1.25. The van der Waals surface area contributed by atoms with Crippen LogP contribution in [0.3, 0.4) is 0 Å².